The highest BCUT2D eigenvalue weighted by atomic mass is 16.4. The van der Waals surface area contributed by atoms with Crippen molar-refractivity contribution in [1.29, 1.82) is 0 Å². The Kier molecular flexibility index (Phi) is 7.91. The second-order valence-electron chi connectivity index (χ2n) is 5.63. The molecule has 0 aromatic carbocycles. The van der Waals surface area contributed by atoms with E-state index in [0.717, 1.165) is 32.5 Å². The van der Waals surface area contributed by atoms with Gasteiger partial charge in [-0.15, -0.1) is 0 Å². The highest BCUT2D eigenvalue weighted by molar-refractivity contribution is 5.79. The van der Waals surface area contributed by atoms with Crippen molar-refractivity contribution in [3.05, 3.63) is 0 Å². The highest BCUT2D eigenvalue weighted by Crippen LogP contribution is 2.13. The Hall–Kier alpha value is -0.810. The van der Waals surface area contributed by atoms with E-state index >= 15 is 0 Å². The maximum Gasteiger partial charge on any atom is 0.139 e. The minimum absolute atomic E-state index is 0.287. The van der Waals surface area contributed by atoms with Crippen LogP contribution in [0.15, 0.2) is 5.16 Å². The summed E-state index contributed by atoms with van der Waals surface area (Å²) in [4.78, 5) is 2.21. The molecule has 0 radical (unpaired) electrons. The number of oxime groups is 1. The van der Waals surface area contributed by atoms with Gasteiger partial charge >= 0.3 is 0 Å². The van der Waals surface area contributed by atoms with E-state index in [4.69, 9.17) is 10.9 Å². The Morgan fingerprint density at radius 1 is 1.35 bits per heavy atom. The van der Waals surface area contributed by atoms with Crippen molar-refractivity contribution in [2.24, 2.45) is 16.3 Å². The maximum absolute atomic E-state index is 8.37. The zero-order valence-corrected chi connectivity index (χ0v) is 11.7. The van der Waals surface area contributed by atoms with Crippen LogP contribution in [0.3, 0.4) is 0 Å². The minimum Gasteiger partial charge on any atom is -0.409 e. The number of nitrogens with one attached hydrogen (secondary N) is 1. The quantitative estimate of drug-likeness (QED) is 0.186. The van der Waals surface area contributed by atoms with Gasteiger partial charge in [-0.05, 0) is 38.9 Å². The van der Waals surface area contributed by atoms with Gasteiger partial charge in [0.2, 0.25) is 0 Å². The average Bonchev–Trinajstić information content (AvgIpc) is 2.20. The molecule has 0 rings (SSSR count). The molecule has 5 nitrogen and oxygen atoms in total. The molecule has 0 aromatic heterocycles. The van der Waals surface area contributed by atoms with E-state index in [1.807, 2.05) is 0 Å². The van der Waals surface area contributed by atoms with Gasteiger partial charge < -0.3 is 21.2 Å². The molecular weight excluding hydrogens is 216 g/mol. The Labute approximate surface area is 105 Å². The van der Waals surface area contributed by atoms with Gasteiger partial charge in [-0.3, -0.25) is 0 Å². The van der Waals surface area contributed by atoms with Crippen LogP contribution in [0.25, 0.3) is 0 Å². The lowest BCUT2D eigenvalue weighted by atomic mass is 9.93. The highest BCUT2D eigenvalue weighted by Gasteiger charge is 2.17. The Morgan fingerprint density at radius 2 is 2.00 bits per heavy atom. The Balaban J connectivity index is 3.51. The Bertz CT molecular complexity index is 227. The summed E-state index contributed by atoms with van der Waals surface area (Å²) in [5.74, 6) is 0.318. The summed E-state index contributed by atoms with van der Waals surface area (Å²) in [5, 5.41) is 14.8. The molecule has 0 saturated heterocycles. The van der Waals surface area contributed by atoms with E-state index in [1.165, 1.54) is 0 Å². The van der Waals surface area contributed by atoms with Crippen LogP contribution in [0.2, 0.25) is 0 Å². The molecule has 0 atom stereocenters. The first kappa shape index (κ1) is 16.2. The smallest absolute Gasteiger partial charge is 0.139 e. The van der Waals surface area contributed by atoms with Crippen LogP contribution < -0.4 is 11.1 Å². The predicted octanol–water partition coefficient (Wildman–Crippen LogP) is 1.08. The molecule has 0 aliphatic heterocycles. The molecule has 0 fully saturated rings. The SMILES string of the molecule is CN(C)CC(C)(C)CNCCCCC(N)=NO. The normalized spacial score (nSPS) is 13.4. The van der Waals surface area contributed by atoms with E-state index in [-0.39, 0.29) is 5.41 Å². The van der Waals surface area contributed by atoms with Gasteiger partial charge in [0, 0.05) is 19.5 Å². The molecule has 17 heavy (non-hydrogen) atoms. The standard InChI is InChI=1S/C12H28N4O/c1-12(2,10-16(3)4)9-14-8-6-5-7-11(13)15-17/h14,17H,5-10H2,1-4H3,(H2,13,15). The third kappa shape index (κ3) is 10.1. The molecule has 0 saturated carbocycles. The summed E-state index contributed by atoms with van der Waals surface area (Å²) in [7, 11) is 4.19. The zero-order valence-electron chi connectivity index (χ0n) is 11.7. The van der Waals surface area contributed by atoms with Gasteiger partial charge in [-0.2, -0.15) is 0 Å². The van der Waals surface area contributed by atoms with E-state index in [1.54, 1.807) is 0 Å². The first-order valence-electron chi connectivity index (χ1n) is 6.19. The van der Waals surface area contributed by atoms with Crippen LogP contribution in [0.4, 0.5) is 0 Å². The van der Waals surface area contributed by atoms with Crippen molar-refractivity contribution in [3.8, 4) is 0 Å². The molecule has 102 valence electrons. The van der Waals surface area contributed by atoms with E-state index in [2.05, 4.69) is 43.3 Å². The number of hydrogen-bond donors (Lipinski definition) is 3. The van der Waals surface area contributed by atoms with Crippen LogP contribution >= 0.6 is 0 Å². The summed E-state index contributed by atoms with van der Waals surface area (Å²) in [5.41, 5.74) is 5.67. The zero-order chi connectivity index (χ0) is 13.3. The predicted molar refractivity (Wildman–Crippen MR) is 72.5 cm³/mol. The molecule has 4 N–H and O–H groups in total. The first-order chi connectivity index (χ1) is 7.87. The van der Waals surface area contributed by atoms with Crippen LogP contribution in [-0.4, -0.2) is 49.7 Å². The fraction of sp³-hybridized carbons (Fsp3) is 0.917. The van der Waals surface area contributed by atoms with Gasteiger partial charge in [0.05, 0.1) is 0 Å². The maximum atomic E-state index is 8.37. The summed E-state index contributed by atoms with van der Waals surface area (Å²) in [6.45, 7) is 7.58. The number of hydrogen-bond acceptors (Lipinski definition) is 4. The second-order valence-corrected chi connectivity index (χ2v) is 5.63. The minimum atomic E-state index is 0.287. The van der Waals surface area contributed by atoms with Gasteiger partial charge in [0.1, 0.15) is 5.84 Å². The molecule has 0 aliphatic rings. The lowest BCUT2D eigenvalue weighted by Crippen LogP contribution is -2.37. The summed E-state index contributed by atoms with van der Waals surface area (Å²) in [6.07, 6.45) is 2.67. The molecule has 0 amide bonds. The molecule has 0 aliphatic carbocycles. The fourth-order valence-electron chi connectivity index (χ4n) is 1.94. The Morgan fingerprint density at radius 3 is 2.53 bits per heavy atom. The largest absolute Gasteiger partial charge is 0.409 e. The third-order valence-corrected chi connectivity index (χ3v) is 2.51. The van der Waals surface area contributed by atoms with Gasteiger partial charge in [-0.1, -0.05) is 19.0 Å². The van der Waals surface area contributed by atoms with Crippen molar-refractivity contribution >= 4 is 5.84 Å². The second kappa shape index (κ2) is 8.31. The molecule has 5 heteroatoms. The molecular formula is C12H28N4O. The number of amidine groups is 1. The average molecular weight is 244 g/mol. The lowest BCUT2D eigenvalue weighted by molar-refractivity contribution is 0.232. The van der Waals surface area contributed by atoms with Crippen molar-refractivity contribution in [3.63, 3.8) is 0 Å². The topological polar surface area (TPSA) is 73.9 Å². The van der Waals surface area contributed by atoms with E-state index in [9.17, 15) is 0 Å². The van der Waals surface area contributed by atoms with Crippen molar-refractivity contribution in [2.45, 2.75) is 33.1 Å². The third-order valence-electron chi connectivity index (χ3n) is 2.51. The number of nitrogens with two attached hydrogens (primary N) is 1. The van der Waals surface area contributed by atoms with Crippen molar-refractivity contribution in [1.82, 2.24) is 10.2 Å². The summed E-state index contributed by atoms with van der Waals surface area (Å²) < 4.78 is 0. The molecule has 0 heterocycles. The van der Waals surface area contributed by atoms with Crippen molar-refractivity contribution < 1.29 is 5.21 Å². The first-order valence-corrected chi connectivity index (χ1v) is 6.19. The van der Waals surface area contributed by atoms with Crippen LogP contribution in [-0.2, 0) is 0 Å². The van der Waals surface area contributed by atoms with Gasteiger partial charge in [0.25, 0.3) is 0 Å². The molecule has 0 bridgehead atoms. The fourth-order valence-corrected chi connectivity index (χ4v) is 1.94. The molecule has 0 spiro atoms. The lowest BCUT2D eigenvalue weighted by Gasteiger charge is -2.28. The van der Waals surface area contributed by atoms with E-state index in [0.29, 0.717) is 12.3 Å². The number of nitrogens with zero attached hydrogens (tertiary/aromatic N) is 2. The number of unbranched alkanes of at least 4 members (excludes halogenated alkanes) is 1. The van der Waals surface area contributed by atoms with Gasteiger partial charge in [-0.25, -0.2) is 0 Å². The van der Waals surface area contributed by atoms with Crippen LogP contribution in [0.5, 0.6) is 0 Å². The molecule has 0 aromatic rings. The van der Waals surface area contributed by atoms with Crippen LogP contribution in [0.1, 0.15) is 33.1 Å². The monoisotopic (exact) mass is 244 g/mol. The number of rotatable bonds is 9. The van der Waals surface area contributed by atoms with Crippen LogP contribution in [0, 0.1) is 5.41 Å². The molecule has 0 unspecified atom stereocenters. The summed E-state index contributed by atoms with van der Waals surface area (Å²) >= 11 is 0. The van der Waals surface area contributed by atoms with Gasteiger partial charge in [0.15, 0.2) is 0 Å². The van der Waals surface area contributed by atoms with E-state index < -0.39 is 0 Å². The summed E-state index contributed by atoms with van der Waals surface area (Å²) in [6, 6.07) is 0. The van der Waals surface area contributed by atoms with Crippen molar-refractivity contribution in [2.75, 3.05) is 33.7 Å².